The van der Waals surface area contributed by atoms with Crippen LogP contribution in [0.5, 0.6) is 0 Å². The van der Waals surface area contributed by atoms with Crippen molar-refractivity contribution >= 4 is 6.09 Å². The Morgan fingerprint density at radius 2 is 1.87 bits per heavy atom. The molecule has 0 aromatic heterocycles. The predicted molar refractivity (Wildman–Crippen MR) is 93.2 cm³/mol. The zero-order valence-corrected chi connectivity index (χ0v) is 14.9. The Balaban J connectivity index is 2.66. The molecule has 1 aromatic rings. The molecular formula is C19H31NO3. The molecule has 23 heavy (non-hydrogen) atoms. The van der Waals surface area contributed by atoms with Crippen molar-refractivity contribution in [3.05, 3.63) is 35.9 Å². The molecule has 1 amide bonds. The molecule has 1 aromatic carbocycles. The second kappa shape index (κ2) is 9.56. The van der Waals surface area contributed by atoms with E-state index < -0.39 is 5.60 Å². The highest BCUT2D eigenvalue weighted by Gasteiger charge is 2.22. The van der Waals surface area contributed by atoms with E-state index in [1.807, 2.05) is 51.1 Å². The minimum Gasteiger partial charge on any atom is -0.444 e. The van der Waals surface area contributed by atoms with Crippen LogP contribution < -0.4 is 0 Å². The van der Waals surface area contributed by atoms with E-state index in [0.717, 1.165) is 24.8 Å². The third kappa shape index (κ3) is 8.60. The summed E-state index contributed by atoms with van der Waals surface area (Å²) in [5, 5.41) is 10.0. The minimum absolute atomic E-state index is 0.330. The summed E-state index contributed by atoms with van der Waals surface area (Å²) in [5.74, 6) is 0. The number of hydrogen-bond acceptors (Lipinski definition) is 3. The van der Waals surface area contributed by atoms with E-state index in [9.17, 15) is 9.90 Å². The number of amides is 1. The van der Waals surface area contributed by atoms with Crippen molar-refractivity contribution in [3.63, 3.8) is 0 Å². The summed E-state index contributed by atoms with van der Waals surface area (Å²) in [5.41, 5.74) is 0.536. The second-order valence-corrected chi connectivity index (χ2v) is 6.97. The van der Waals surface area contributed by atoms with E-state index in [-0.39, 0.29) is 12.2 Å². The molecule has 0 spiro atoms. The van der Waals surface area contributed by atoms with Gasteiger partial charge < -0.3 is 14.7 Å². The van der Waals surface area contributed by atoms with Crippen molar-refractivity contribution in [2.75, 3.05) is 6.54 Å². The Kier molecular flexibility index (Phi) is 8.10. The maximum Gasteiger partial charge on any atom is 0.410 e. The number of aliphatic hydroxyl groups excluding tert-OH is 1. The highest BCUT2D eigenvalue weighted by molar-refractivity contribution is 5.68. The molecular weight excluding hydrogens is 290 g/mol. The van der Waals surface area contributed by atoms with Crippen molar-refractivity contribution in [1.82, 2.24) is 4.90 Å². The molecule has 0 aliphatic rings. The largest absolute Gasteiger partial charge is 0.444 e. The van der Waals surface area contributed by atoms with Gasteiger partial charge in [-0.3, -0.25) is 0 Å². The minimum atomic E-state index is -0.521. The van der Waals surface area contributed by atoms with Crippen LogP contribution in [0.1, 0.15) is 58.9 Å². The highest BCUT2D eigenvalue weighted by atomic mass is 16.6. The molecule has 4 nitrogen and oxygen atoms in total. The fraction of sp³-hybridized carbons (Fsp3) is 0.632. The summed E-state index contributed by atoms with van der Waals surface area (Å²) in [4.78, 5) is 14.1. The van der Waals surface area contributed by atoms with Gasteiger partial charge in [0.1, 0.15) is 5.60 Å². The first-order valence-corrected chi connectivity index (χ1v) is 8.51. The summed E-state index contributed by atoms with van der Waals surface area (Å²) >= 11 is 0. The van der Waals surface area contributed by atoms with Crippen LogP contribution in [0.15, 0.2) is 30.3 Å². The molecule has 0 radical (unpaired) electrons. The molecule has 0 fully saturated rings. The molecule has 1 atom stereocenters. The molecule has 0 saturated heterocycles. The number of carbonyl (C=O) groups is 1. The lowest BCUT2D eigenvalue weighted by Gasteiger charge is -2.28. The van der Waals surface area contributed by atoms with Gasteiger partial charge in [0.15, 0.2) is 0 Å². The van der Waals surface area contributed by atoms with Crippen LogP contribution in [-0.4, -0.2) is 34.3 Å². The Labute approximate surface area is 140 Å². The maximum atomic E-state index is 12.4. The number of rotatable bonds is 8. The smallest absolute Gasteiger partial charge is 0.410 e. The van der Waals surface area contributed by atoms with Crippen LogP contribution in [0, 0.1) is 0 Å². The van der Waals surface area contributed by atoms with Crippen molar-refractivity contribution in [3.8, 4) is 0 Å². The average molecular weight is 321 g/mol. The zero-order valence-electron chi connectivity index (χ0n) is 14.9. The van der Waals surface area contributed by atoms with Gasteiger partial charge in [-0.1, -0.05) is 50.1 Å². The second-order valence-electron chi connectivity index (χ2n) is 6.97. The summed E-state index contributed by atoms with van der Waals surface area (Å²) < 4.78 is 5.49. The number of nitrogens with zero attached hydrogens (tertiary/aromatic N) is 1. The standard InChI is InChI=1S/C19H31NO3/c1-5-6-12-17(21)13-14-20(18(22)23-19(2,3)4)15-16-10-8-7-9-11-16/h7-11,17,21H,5-6,12-15H2,1-4H3/t17-/m0/s1. The van der Waals surface area contributed by atoms with Crippen molar-refractivity contribution < 1.29 is 14.6 Å². The van der Waals surface area contributed by atoms with Gasteiger partial charge >= 0.3 is 6.09 Å². The molecule has 0 heterocycles. The first kappa shape index (κ1) is 19.5. The van der Waals surface area contributed by atoms with Crippen LogP contribution in [0.25, 0.3) is 0 Å². The number of aliphatic hydroxyl groups is 1. The molecule has 1 rings (SSSR count). The van der Waals surface area contributed by atoms with Crippen LogP contribution >= 0.6 is 0 Å². The predicted octanol–water partition coefficient (Wildman–Crippen LogP) is 4.36. The zero-order chi connectivity index (χ0) is 17.3. The van der Waals surface area contributed by atoms with Crippen molar-refractivity contribution in [2.24, 2.45) is 0 Å². The maximum absolute atomic E-state index is 12.4. The molecule has 4 heteroatoms. The highest BCUT2D eigenvalue weighted by Crippen LogP contribution is 2.14. The number of carbonyl (C=O) groups excluding carboxylic acids is 1. The summed E-state index contributed by atoms with van der Waals surface area (Å²) in [6, 6.07) is 9.85. The van der Waals surface area contributed by atoms with E-state index in [4.69, 9.17) is 4.74 Å². The average Bonchev–Trinajstić information content (AvgIpc) is 2.48. The Morgan fingerprint density at radius 1 is 1.22 bits per heavy atom. The molecule has 1 N–H and O–H groups in total. The van der Waals surface area contributed by atoms with Crippen molar-refractivity contribution in [1.29, 1.82) is 0 Å². The van der Waals surface area contributed by atoms with Crippen LogP contribution in [0.3, 0.4) is 0 Å². The number of benzene rings is 1. The number of hydrogen-bond donors (Lipinski definition) is 1. The summed E-state index contributed by atoms with van der Waals surface area (Å²) in [6.07, 6.45) is 2.74. The van der Waals surface area contributed by atoms with E-state index in [0.29, 0.717) is 19.5 Å². The molecule has 130 valence electrons. The molecule has 0 aliphatic carbocycles. The fourth-order valence-electron chi connectivity index (χ4n) is 2.25. The SMILES string of the molecule is CCCC[C@H](O)CCN(Cc1ccccc1)C(=O)OC(C)(C)C. The summed E-state index contributed by atoms with van der Waals surface area (Å²) in [6.45, 7) is 8.69. The Bertz CT molecular complexity index is 453. The van der Waals surface area contributed by atoms with Gasteiger partial charge in [-0.2, -0.15) is 0 Å². The van der Waals surface area contributed by atoms with Crippen molar-refractivity contribution in [2.45, 2.75) is 71.6 Å². The quantitative estimate of drug-likeness (QED) is 0.773. The van der Waals surface area contributed by atoms with Crippen LogP contribution in [-0.2, 0) is 11.3 Å². The van der Waals surface area contributed by atoms with Crippen LogP contribution in [0.2, 0.25) is 0 Å². The van der Waals surface area contributed by atoms with Gasteiger partial charge in [-0.05, 0) is 39.2 Å². The monoisotopic (exact) mass is 321 g/mol. The third-order valence-electron chi connectivity index (χ3n) is 3.49. The van der Waals surface area contributed by atoms with Gasteiger partial charge in [0.25, 0.3) is 0 Å². The lowest BCUT2D eigenvalue weighted by Crippen LogP contribution is -2.38. The number of unbranched alkanes of at least 4 members (excludes halogenated alkanes) is 1. The Hall–Kier alpha value is -1.55. The van der Waals surface area contributed by atoms with E-state index in [2.05, 4.69) is 6.92 Å². The normalized spacial score (nSPS) is 12.7. The molecule has 0 saturated carbocycles. The van der Waals surface area contributed by atoms with Gasteiger partial charge in [0.05, 0.1) is 6.10 Å². The third-order valence-corrected chi connectivity index (χ3v) is 3.49. The van der Waals surface area contributed by atoms with Gasteiger partial charge in [-0.15, -0.1) is 0 Å². The molecule has 0 bridgehead atoms. The Morgan fingerprint density at radius 3 is 2.43 bits per heavy atom. The molecule has 0 unspecified atom stereocenters. The van der Waals surface area contributed by atoms with Crippen LogP contribution in [0.4, 0.5) is 4.79 Å². The first-order chi connectivity index (χ1) is 10.8. The van der Waals surface area contributed by atoms with Gasteiger partial charge in [0, 0.05) is 13.1 Å². The fourth-order valence-corrected chi connectivity index (χ4v) is 2.25. The topological polar surface area (TPSA) is 49.8 Å². The van der Waals surface area contributed by atoms with E-state index in [1.54, 1.807) is 4.90 Å². The lowest BCUT2D eigenvalue weighted by atomic mass is 10.1. The summed E-state index contributed by atoms with van der Waals surface area (Å²) in [7, 11) is 0. The van der Waals surface area contributed by atoms with Gasteiger partial charge in [0.2, 0.25) is 0 Å². The van der Waals surface area contributed by atoms with Gasteiger partial charge in [-0.25, -0.2) is 4.79 Å². The number of ether oxygens (including phenoxy) is 1. The first-order valence-electron chi connectivity index (χ1n) is 8.51. The molecule has 0 aliphatic heterocycles. The van der Waals surface area contributed by atoms with E-state index in [1.165, 1.54) is 0 Å². The lowest BCUT2D eigenvalue weighted by molar-refractivity contribution is 0.0201. The van der Waals surface area contributed by atoms with E-state index >= 15 is 0 Å².